The van der Waals surface area contributed by atoms with Gasteiger partial charge < -0.3 is 20.3 Å². The van der Waals surface area contributed by atoms with Crippen LogP contribution in [0.2, 0.25) is 0 Å². The fourth-order valence-electron chi connectivity index (χ4n) is 4.72. The third kappa shape index (κ3) is 4.38. The van der Waals surface area contributed by atoms with Crippen LogP contribution in [0.1, 0.15) is 35.4 Å². The maximum Gasteiger partial charge on any atom is 0.433 e. The normalized spacial score (nSPS) is 23.2. The van der Waals surface area contributed by atoms with E-state index in [0.717, 1.165) is 28.8 Å². The summed E-state index contributed by atoms with van der Waals surface area (Å²) in [6.07, 6.45) is 2.97. The maximum atomic E-state index is 12.7. The van der Waals surface area contributed by atoms with E-state index in [2.05, 4.69) is 37.6 Å². The lowest BCUT2D eigenvalue weighted by atomic mass is 10.1. The first-order valence-electron chi connectivity index (χ1n) is 11.6. The number of likely N-dealkylation sites (N-methyl/N-ethyl adjacent to an activating group) is 1. The fourth-order valence-corrected chi connectivity index (χ4v) is 4.72. The zero-order chi connectivity index (χ0) is 24.3. The Morgan fingerprint density at radius 3 is 2.71 bits per heavy atom. The molecule has 1 saturated heterocycles. The number of rotatable bonds is 6. The zero-order valence-corrected chi connectivity index (χ0v) is 19.3. The van der Waals surface area contributed by atoms with Crippen LogP contribution < -0.4 is 15.5 Å². The van der Waals surface area contributed by atoms with Crippen molar-refractivity contribution in [3.05, 3.63) is 53.2 Å². The van der Waals surface area contributed by atoms with Crippen molar-refractivity contribution < 1.29 is 17.9 Å². The number of fused-ring (bicyclic) bond motifs is 2. The molecular formula is C23H25F3N8O. The topological polar surface area (TPSA) is 96.3 Å². The van der Waals surface area contributed by atoms with Gasteiger partial charge in [0.05, 0.1) is 24.5 Å². The Bertz CT molecular complexity index is 1240. The van der Waals surface area contributed by atoms with Crippen molar-refractivity contribution in [2.24, 2.45) is 5.92 Å². The van der Waals surface area contributed by atoms with Crippen molar-refractivity contribution >= 4 is 17.5 Å². The minimum atomic E-state index is -4.45. The van der Waals surface area contributed by atoms with Crippen LogP contribution in [0.15, 0.2) is 30.7 Å². The summed E-state index contributed by atoms with van der Waals surface area (Å²) in [5, 5.41) is 11.0. The fraction of sp³-hybridized carbons (Fsp3) is 0.478. The number of hydrogen-bond donors (Lipinski definition) is 2. The van der Waals surface area contributed by atoms with Gasteiger partial charge in [0.25, 0.3) is 0 Å². The summed E-state index contributed by atoms with van der Waals surface area (Å²) >= 11 is 0. The van der Waals surface area contributed by atoms with Gasteiger partial charge in [-0.2, -0.15) is 23.3 Å². The van der Waals surface area contributed by atoms with Gasteiger partial charge in [-0.15, -0.1) is 0 Å². The molecule has 0 aromatic carbocycles. The van der Waals surface area contributed by atoms with E-state index < -0.39 is 11.9 Å². The van der Waals surface area contributed by atoms with Crippen LogP contribution in [0, 0.1) is 12.8 Å². The van der Waals surface area contributed by atoms with E-state index in [1.165, 1.54) is 25.1 Å². The van der Waals surface area contributed by atoms with Crippen LogP contribution in [-0.2, 0) is 24.0 Å². The number of hydrogen-bond acceptors (Lipinski definition) is 8. The number of epoxide rings is 1. The highest BCUT2D eigenvalue weighted by Crippen LogP contribution is 2.48. The molecule has 0 spiro atoms. The molecule has 3 atom stereocenters. The molecule has 0 radical (unpaired) electrons. The van der Waals surface area contributed by atoms with E-state index in [1.54, 1.807) is 10.9 Å². The van der Waals surface area contributed by atoms with E-state index in [-0.39, 0.29) is 12.3 Å². The number of pyridine rings is 1. The highest BCUT2D eigenvalue weighted by Gasteiger charge is 2.55. The SMILES string of the molecule is Cc1nc(NCc2cnn(Cc3ccc(C(F)(F)F)nc3)c2)nc2c1NC1OC1[C@H](C1CC1)N2C. The largest absolute Gasteiger partial charge is 0.433 e. The first-order valence-corrected chi connectivity index (χ1v) is 11.6. The third-order valence-electron chi connectivity index (χ3n) is 6.70. The van der Waals surface area contributed by atoms with Gasteiger partial charge in [0.1, 0.15) is 17.5 Å². The van der Waals surface area contributed by atoms with Crippen molar-refractivity contribution in [3.63, 3.8) is 0 Å². The van der Waals surface area contributed by atoms with Gasteiger partial charge in [-0.25, -0.2) is 4.98 Å². The number of halogens is 3. The number of nitrogens with zero attached hydrogens (tertiary/aromatic N) is 6. The average Bonchev–Trinajstić information content (AvgIpc) is 3.73. The second-order valence-electron chi connectivity index (χ2n) is 9.38. The Hall–Kier alpha value is -3.41. The molecule has 1 saturated carbocycles. The summed E-state index contributed by atoms with van der Waals surface area (Å²) in [4.78, 5) is 15.2. The number of nitrogens with one attached hydrogen (secondary N) is 2. The van der Waals surface area contributed by atoms with Crippen molar-refractivity contribution in [3.8, 4) is 0 Å². The summed E-state index contributed by atoms with van der Waals surface area (Å²) in [5.41, 5.74) is 2.38. The summed E-state index contributed by atoms with van der Waals surface area (Å²) in [7, 11) is 2.07. The molecule has 1 aliphatic carbocycles. The van der Waals surface area contributed by atoms with E-state index in [0.29, 0.717) is 36.6 Å². The summed E-state index contributed by atoms with van der Waals surface area (Å²) in [6.45, 7) is 2.74. The molecule has 9 nitrogen and oxygen atoms in total. The summed E-state index contributed by atoms with van der Waals surface area (Å²) in [6, 6.07) is 2.71. The van der Waals surface area contributed by atoms with Crippen molar-refractivity contribution in [1.29, 1.82) is 0 Å². The van der Waals surface area contributed by atoms with E-state index in [9.17, 15) is 13.2 Å². The van der Waals surface area contributed by atoms with Gasteiger partial charge in [0.15, 0.2) is 12.0 Å². The highest BCUT2D eigenvalue weighted by atomic mass is 19.4. The van der Waals surface area contributed by atoms with Crippen molar-refractivity contribution in [1.82, 2.24) is 24.7 Å². The number of alkyl halides is 3. The molecule has 0 bridgehead atoms. The van der Waals surface area contributed by atoms with E-state index in [1.807, 2.05) is 13.1 Å². The lowest BCUT2D eigenvalue weighted by Gasteiger charge is -2.28. The minimum absolute atomic E-state index is 0.0242. The van der Waals surface area contributed by atoms with Gasteiger partial charge in [0.2, 0.25) is 5.95 Å². The second-order valence-corrected chi connectivity index (χ2v) is 9.38. The number of anilines is 3. The number of aryl methyl sites for hydroxylation is 1. The highest BCUT2D eigenvalue weighted by molar-refractivity contribution is 5.72. The number of aromatic nitrogens is 5. The van der Waals surface area contributed by atoms with E-state index in [4.69, 9.17) is 9.72 Å². The second kappa shape index (κ2) is 8.08. The molecular weight excluding hydrogens is 461 g/mol. The quantitative estimate of drug-likeness (QED) is 0.512. The van der Waals surface area contributed by atoms with Crippen LogP contribution in [0.25, 0.3) is 0 Å². The molecule has 6 rings (SSSR count). The van der Waals surface area contributed by atoms with Gasteiger partial charge in [-0.3, -0.25) is 9.67 Å². The Labute approximate surface area is 199 Å². The summed E-state index contributed by atoms with van der Waals surface area (Å²) in [5.74, 6) is 2.04. The molecule has 184 valence electrons. The monoisotopic (exact) mass is 486 g/mol. The molecule has 35 heavy (non-hydrogen) atoms. The van der Waals surface area contributed by atoms with Crippen LogP contribution in [0.4, 0.5) is 30.6 Å². The maximum absolute atomic E-state index is 12.7. The van der Waals surface area contributed by atoms with Gasteiger partial charge in [-0.1, -0.05) is 6.07 Å². The van der Waals surface area contributed by atoms with Crippen LogP contribution in [0.5, 0.6) is 0 Å². The molecule has 0 amide bonds. The molecule has 2 unspecified atom stereocenters. The predicted octanol–water partition coefficient (Wildman–Crippen LogP) is 3.42. The minimum Gasteiger partial charge on any atom is -0.353 e. The lowest BCUT2D eigenvalue weighted by molar-refractivity contribution is -0.141. The number of ether oxygens (including phenoxy) is 1. The Morgan fingerprint density at radius 2 is 2.00 bits per heavy atom. The third-order valence-corrected chi connectivity index (χ3v) is 6.70. The smallest absolute Gasteiger partial charge is 0.353 e. The molecule has 2 N–H and O–H groups in total. The van der Waals surface area contributed by atoms with Crippen LogP contribution >= 0.6 is 0 Å². The lowest BCUT2D eigenvalue weighted by Crippen LogP contribution is -2.38. The predicted molar refractivity (Wildman–Crippen MR) is 122 cm³/mol. The first-order chi connectivity index (χ1) is 16.8. The standard InChI is InChI=1S/C23H25F3N8O/c1-12-17-20(33(2)18(15-4-5-15)19-21(31-17)35-19)32-22(30-12)28-8-14-9-29-34(11-14)10-13-3-6-16(27-7-13)23(24,25)26/h3,6-7,9,11,15,18-19,21,31H,4-5,8,10H2,1-2H3,(H,28,30,32)/t18-,19?,21?/m0/s1. The molecule has 3 aliphatic rings. The Balaban J connectivity index is 1.13. The van der Waals surface area contributed by atoms with Gasteiger partial charge in [0, 0.05) is 31.5 Å². The molecule has 3 aromatic heterocycles. The molecule has 2 fully saturated rings. The zero-order valence-electron chi connectivity index (χ0n) is 19.3. The first kappa shape index (κ1) is 22.1. The van der Waals surface area contributed by atoms with Crippen LogP contribution in [0.3, 0.4) is 0 Å². The van der Waals surface area contributed by atoms with Gasteiger partial charge in [-0.05, 0) is 37.3 Å². The molecule has 5 heterocycles. The van der Waals surface area contributed by atoms with Crippen molar-refractivity contribution in [2.45, 2.75) is 57.4 Å². The average molecular weight is 487 g/mol. The van der Waals surface area contributed by atoms with Crippen LogP contribution in [-0.4, -0.2) is 50.2 Å². The summed E-state index contributed by atoms with van der Waals surface area (Å²) < 4.78 is 45.6. The molecule has 2 aliphatic heterocycles. The Morgan fingerprint density at radius 1 is 1.17 bits per heavy atom. The van der Waals surface area contributed by atoms with Gasteiger partial charge >= 0.3 is 6.18 Å². The Kier molecular flexibility index (Phi) is 5.09. The van der Waals surface area contributed by atoms with Crippen molar-refractivity contribution in [2.75, 3.05) is 22.6 Å². The van der Waals surface area contributed by atoms with E-state index >= 15 is 0 Å². The molecule has 3 aromatic rings. The molecule has 12 heteroatoms.